The predicted molar refractivity (Wildman–Crippen MR) is 57.6 cm³/mol. The normalized spacial score (nSPS) is 16.1. The first-order valence-electron chi connectivity index (χ1n) is 5.04. The van der Waals surface area contributed by atoms with Crippen molar-refractivity contribution < 1.29 is 0 Å². The summed E-state index contributed by atoms with van der Waals surface area (Å²) in [5.74, 6) is 1.79. The SMILES string of the molecule is CNc1cncc(N(C)C2CCC2)n1. The van der Waals surface area contributed by atoms with E-state index >= 15 is 0 Å². The van der Waals surface area contributed by atoms with Crippen molar-refractivity contribution in [3.05, 3.63) is 12.4 Å². The minimum Gasteiger partial charge on any atom is -0.372 e. The molecule has 0 atom stereocenters. The van der Waals surface area contributed by atoms with Crippen LogP contribution in [0.15, 0.2) is 12.4 Å². The summed E-state index contributed by atoms with van der Waals surface area (Å²) >= 11 is 0. The van der Waals surface area contributed by atoms with Crippen LogP contribution in [0.5, 0.6) is 0 Å². The Bertz CT molecular complexity index is 309. The molecular formula is C10H16N4. The highest BCUT2D eigenvalue weighted by molar-refractivity contribution is 5.43. The van der Waals surface area contributed by atoms with Gasteiger partial charge in [0.2, 0.25) is 0 Å². The maximum atomic E-state index is 4.45. The van der Waals surface area contributed by atoms with E-state index < -0.39 is 0 Å². The van der Waals surface area contributed by atoms with Crippen LogP contribution in [-0.4, -0.2) is 30.1 Å². The zero-order valence-electron chi connectivity index (χ0n) is 8.70. The number of nitrogens with one attached hydrogen (secondary N) is 1. The second-order valence-corrected chi connectivity index (χ2v) is 3.71. The molecule has 1 heterocycles. The van der Waals surface area contributed by atoms with Gasteiger partial charge in [-0.3, -0.25) is 4.98 Å². The summed E-state index contributed by atoms with van der Waals surface area (Å²) in [5.41, 5.74) is 0. The Balaban J connectivity index is 2.13. The lowest BCUT2D eigenvalue weighted by molar-refractivity contribution is 0.399. The van der Waals surface area contributed by atoms with Crippen LogP contribution in [0.4, 0.5) is 11.6 Å². The first-order valence-corrected chi connectivity index (χ1v) is 5.04. The lowest BCUT2D eigenvalue weighted by atomic mass is 9.92. The van der Waals surface area contributed by atoms with Gasteiger partial charge in [-0.05, 0) is 19.3 Å². The topological polar surface area (TPSA) is 41.1 Å². The third-order valence-corrected chi connectivity index (χ3v) is 2.86. The fraction of sp³-hybridized carbons (Fsp3) is 0.600. The lowest BCUT2D eigenvalue weighted by Crippen LogP contribution is -2.37. The van der Waals surface area contributed by atoms with E-state index in [-0.39, 0.29) is 0 Å². The van der Waals surface area contributed by atoms with Crippen molar-refractivity contribution in [2.24, 2.45) is 0 Å². The van der Waals surface area contributed by atoms with Gasteiger partial charge in [0.05, 0.1) is 12.4 Å². The minimum absolute atomic E-state index is 0.663. The van der Waals surface area contributed by atoms with Crippen LogP contribution in [0.2, 0.25) is 0 Å². The number of anilines is 2. The Morgan fingerprint density at radius 2 is 2.21 bits per heavy atom. The Morgan fingerprint density at radius 1 is 1.43 bits per heavy atom. The molecule has 1 aliphatic rings. The van der Waals surface area contributed by atoms with Crippen LogP contribution >= 0.6 is 0 Å². The molecule has 2 rings (SSSR count). The Hall–Kier alpha value is -1.32. The molecule has 0 bridgehead atoms. The molecule has 1 fully saturated rings. The molecule has 76 valence electrons. The average molecular weight is 192 g/mol. The average Bonchev–Trinajstić information content (AvgIpc) is 2.15. The molecule has 0 aliphatic heterocycles. The lowest BCUT2D eigenvalue weighted by Gasteiger charge is -2.35. The minimum atomic E-state index is 0.663. The van der Waals surface area contributed by atoms with Gasteiger partial charge in [0.25, 0.3) is 0 Å². The quantitative estimate of drug-likeness (QED) is 0.788. The van der Waals surface area contributed by atoms with Crippen LogP contribution in [0.3, 0.4) is 0 Å². The molecule has 1 N–H and O–H groups in total. The van der Waals surface area contributed by atoms with E-state index in [9.17, 15) is 0 Å². The molecule has 1 aliphatic carbocycles. The second kappa shape index (κ2) is 3.82. The molecule has 1 aromatic rings. The number of rotatable bonds is 3. The van der Waals surface area contributed by atoms with Gasteiger partial charge in [-0.15, -0.1) is 0 Å². The molecule has 0 amide bonds. The van der Waals surface area contributed by atoms with Gasteiger partial charge in [0.1, 0.15) is 11.6 Å². The van der Waals surface area contributed by atoms with E-state index in [4.69, 9.17) is 0 Å². The maximum Gasteiger partial charge on any atom is 0.149 e. The summed E-state index contributed by atoms with van der Waals surface area (Å²) in [5, 5.41) is 3.00. The zero-order valence-corrected chi connectivity index (χ0v) is 8.70. The van der Waals surface area contributed by atoms with Crippen molar-refractivity contribution >= 4 is 11.6 Å². The summed E-state index contributed by atoms with van der Waals surface area (Å²) in [6.07, 6.45) is 7.45. The fourth-order valence-electron chi connectivity index (χ4n) is 1.61. The number of aromatic nitrogens is 2. The summed E-state index contributed by atoms with van der Waals surface area (Å²) in [6, 6.07) is 0.663. The number of hydrogen-bond acceptors (Lipinski definition) is 4. The fourth-order valence-corrected chi connectivity index (χ4v) is 1.61. The molecule has 0 spiro atoms. The molecule has 1 saturated carbocycles. The summed E-state index contributed by atoms with van der Waals surface area (Å²) < 4.78 is 0. The van der Waals surface area contributed by atoms with E-state index in [0.717, 1.165) is 11.6 Å². The third kappa shape index (κ3) is 1.64. The third-order valence-electron chi connectivity index (χ3n) is 2.86. The van der Waals surface area contributed by atoms with Crippen LogP contribution in [0, 0.1) is 0 Å². The highest BCUT2D eigenvalue weighted by atomic mass is 15.2. The van der Waals surface area contributed by atoms with E-state index in [1.807, 2.05) is 13.2 Å². The van der Waals surface area contributed by atoms with Crippen molar-refractivity contribution in [2.75, 3.05) is 24.3 Å². The van der Waals surface area contributed by atoms with Crippen molar-refractivity contribution in [1.82, 2.24) is 9.97 Å². The molecule has 4 nitrogen and oxygen atoms in total. The molecular weight excluding hydrogens is 176 g/mol. The molecule has 0 aromatic carbocycles. The van der Waals surface area contributed by atoms with Gasteiger partial charge in [-0.1, -0.05) is 0 Å². The first-order chi connectivity index (χ1) is 6.81. The second-order valence-electron chi connectivity index (χ2n) is 3.71. The summed E-state index contributed by atoms with van der Waals surface area (Å²) in [6.45, 7) is 0. The van der Waals surface area contributed by atoms with Crippen molar-refractivity contribution in [2.45, 2.75) is 25.3 Å². The van der Waals surface area contributed by atoms with Crippen molar-refractivity contribution in [3.8, 4) is 0 Å². The van der Waals surface area contributed by atoms with E-state index in [0.29, 0.717) is 6.04 Å². The van der Waals surface area contributed by atoms with E-state index in [2.05, 4.69) is 27.2 Å². The van der Waals surface area contributed by atoms with Crippen molar-refractivity contribution in [1.29, 1.82) is 0 Å². The molecule has 0 radical (unpaired) electrons. The smallest absolute Gasteiger partial charge is 0.149 e. The van der Waals surface area contributed by atoms with Crippen LogP contribution in [-0.2, 0) is 0 Å². The van der Waals surface area contributed by atoms with Gasteiger partial charge in [-0.2, -0.15) is 0 Å². The number of nitrogens with zero attached hydrogens (tertiary/aromatic N) is 3. The monoisotopic (exact) mass is 192 g/mol. The zero-order chi connectivity index (χ0) is 9.97. The standard InChI is InChI=1S/C10H16N4/c1-11-9-6-12-7-10(13-9)14(2)8-4-3-5-8/h6-8H,3-5H2,1-2H3,(H,11,13). The number of hydrogen-bond donors (Lipinski definition) is 1. The van der Waals surface area contributed by atoms with Gasteiger partial charge in [0, 0.05) is 20.1 Å². The van der Waals surface area contributed by atoms with Gasteiger partial charge in [-0.25, -0.2) is 4.98 Å². The van der Waals surface area contributed by atoms with Crippen LogP contribution in [0.25, 0.3) is 0 Å². The highest BCUT2D eigenvalue weighted by Crippen LogP contribution is 2.26. The first kappa shape index (κ1) is 9.24. The maximum absolute atomic E-state index is 4.45. The van der Waals surface area contributed by atoms with Crippen LogP contribution < -0.4 is 10.2 Å². The Labute approximate surface area is 84.4 Å². The van der Waals surface area contributed by atoms with E-state index in [1.54, 1.807) is 6.20 Å². The summed E-state index contributed by atoms with van der Waals surface area (Å²) in [4.78, 5) is 10.8. The van der Waals surface area contributed by atoms with Gasteiger partial charge >= 0.3 is 0 Å². The molecule has 4 heteroatoms. The van der Waals surface area contributed by atoms with Crippen LogP contribution in [0.1, 0.15) is 19.3 Å². The molecule has 0 unspecified atom stereocenters. The van der Waals surface area contributed by atoms with Crippen molar-refractivity contribution in [3.63, 3.8) is 0 Å². The summed E-state index contributed by atoms with van der Waals surface area (Å²) in [7, 11) is 3.95. The van der Waals surface area contributed by atoms with Gasteiger partial charge < -0.3 is 10.2 Å². The predicted octanol–water partition coefficient (Wildman–Crippen LogP) is 1.51. The Kier molecular flexibility index (Phi) is 2.52. The highest BCUT2D eigenvalue weighted by Gasteiger charge is 2.23. The molecule has 1 aromatic heterocycles. The van der Waals surface area contributed by atoms with Gasteiger partial charge in [0.15, 0.2) is 0 Å². The molecule has 14 heavy (non-hydrogen) atoms. The molecule has 0 saturated heterocycles. The Morgan fingerprint density at radius 3 is 2.79 bits per heavy atom. The van der Waals surface area contributed by atoms with E-state index in [1.165, 1.54) is 19.3 Å². The largest absolute Gasteiger partial charge is 0.372 e.